The van der Waals surface area contributed by atoms with Gasteiger partial charge in [-0.15, -0.1) is 0 Å². The molecule has 0 radical (unpaired) electrons. The van der Waals surface area contributed by atoms with Gasteiger partial charge in [0.05, 0.1) is 0 Å². The molecule has 4 heteroatoms. The van der Waals surface area contributed by atoms with Crippen molar-refractivity contribution in [1.29, 1.82) is 0 Å². The molecule has 1 heterocycles. The van der Waals surface area contributed by atoms with E-state index in [9.17, 15) is 0 Å². The Bertz CT molecular complexity index is 752. The molecular weight excluding hydrogens is 260 g/mol. The molecule has 0 unspecified atom stereocenters. The molecule has 0 saturated carbocycles. The molecule has 4 nitrogen and oxygen atoms in total. The number of benzene rings is 2. The second kappa shape index (κ2) is 5.96. The molecule has 0 atom stereocenters. The van der Waals surface area contributed by atoms with E-state index in [-0.39, 0.29) is 0 Å². The number of aromatic nitrogens is 3. The third kappa shape index (κ3) is 3.30. The standard InChI is InChI=1S/C17H14N4/c18-16-9-14(7-6-13-4-2-1-3-5-13)8-15(10-16)17-20-11-19-12-21-17/h1-12H,18H2. The number of hydrogen-bond acceptors (Lipinski definition) is 4. The molecule has 21 heavy (non-hydrogen) atoms. The molecule has 3 rings (SSSR count). The minimum Gasteiger partial charge on any atom is -0.399 e. The van der Waals surface area contributed by atoms with Gasteiger partial charge in [-0.2, -0.15) is 0 Å². The van der Waals surface area contributed by atoms with Crippen molar-refractivity contribution < 1.29 is 0 Å². The molecule has 3 aromatic rings. The van der Waals surface area contributed by atoms with Crippen LogP contribution in [0.5, 0.6) is 0 Å². The van der Waals surface area contributed by atoms with Gasteiger partial charge in [-0.25, -0.2) is 15.0 Å². The highest BCUT2D eigenvalue weighted by molar-refractivity contribution is 5.74. The Balaban J connectivity index is 1.93. The van der Waals surface area contributed by atoms with E-state index in [2.05, 4.69) is 27.1 Å². The molecule has 0 aliphatic carbocycles. The lowest BCUT2D eigenvalue weighted by Crippen LogP contribution is -1.92. The average Bonchev–Trinajstić information content (AvgIpc) is 2.54. The predicted molar refractivity (Wildman–Crippen MR) is 85.0 cm³/mol. The van der Waals surface area contributed by atoms with Crippen LogP contribution in [0.3, 0.4) is 0 Å². The minimum atomic E-state index is 0.617. The van der Waals surface area contributed by atoms with Crippen LogP contribution in [0.15, 0.2) is 61.2 Å². The van der Waals surface area contributed by atoms with Crippen LogP contribution in [-0.4, -0.2) is 15.0 Å². The Kier molecular flexibility index (Phi) is 3.69. The highest BCUT2D eigenvalue weighted by Crippen LogP contribution is 2.21. The van der Waals surface area contributed by atoms with Gasteiger partial charge in [0, 0.05) is 11.3 Å². The zero-order chi connectivity index (χ0) is 14.5. The quantitative estimate of drug-likeness (QED) is 0.588. The monoisotopic (exact) mass is 274 g/mol. The van der Waals surface area contributed by atoms with E-state index < -0.39 is 0 Å². The van der Waals surface area contributed by atoms with Gasteiger partial charge in [0.15, 0.2) is 5.82 Å². The molecular formula is C17H14N4. The largest absolute Gasteiger partial charge is 0.399 e. The Morgan fingerprint density at radius 2 is 1.52 bits per heavy atom. The first-order valence-corrected chi connectivity index (χ1v) is 6.57. The van der Waals surface area contributed by atoms with Crippen molar-refractivity contribution in [2.75, 3.05) is 5.73 Å². The third-order valence-corrected chi connectivity index (χ3v) is 3.00. The van der Waals surface area contributed by atoms with E-state index in [1.807, 2.05) is 48.6 Å². The summed E-state index contributed by atoms with van der Waals surface area (Å²) >= 11 is 0. The zero-order valence-electron chi connectivity index (χ0n) is 11.3. The van der Waals surface area contributed by atoms with Gasteiger partial charge in [-0.1, -0.05) is 42.5 Å². The van der Waals surface area contributed by atoms with Crippen molar-refractivity contribution in [3.8, 4) is 11.4 Å². The van der Waals surface area contributed by atoms with Gasteiger partial charge in [-0.3, -0.25) is 0 Å². The van der Waals surface area contributed by atoms with E-state index in [0.717, 1.165) is 16.7 Å². The highest BCUT2D eigenvalue weighted by atomic mass is 15.0. The van der Waals surface area contributed by atoms with Crippen LogP contribution in [0.25, 0.3) is 23.5 Å². The second-order valence-electron chi connectivity index (χ2n) is 4.59. The number of hydrogen-bond donors (Lipinski definition) is 1. The Morgan fingerprint density at radius 3 is 2.29 bits per heavy atom. The first-order valence-electron chi connectivity index (χ1n) is 6.57. The van der Waals surface area contributed by atoms with Crippen LogP contribution >= 0.6 is 0 Å². The summed E-state index contributed by atoms with van der Waals surface area (Å²) in [7, 11) is 0. The van der Waals surface area contributed by atoms with Crippen LogP contribution in [0.4, 0.5) is 5.69 Å². The number of nitrogen functional groups attached to an aromatic ring is 1. The SMILES string of the molecule is Nc1cc(C=Cc2ccccc2)cc(-c2ncncn2)c1. The van der Waals surface area contributed by atoms with Crippen LogP contribution in [0, 0.1) is 0 Å². The van der Waals surface area contributed by atoms with Crippen molar-refractivity contribution in [3.63, 3.8) is 0 Å². The number of anilines is 1. The lowest BCUT2D eigenvalue weighted by Gasteiger charge is -2.03. The molecule has 2 N–H and O–H groups in total. The second-order valence-corrected chi connectivity index (χ2v) is 4.59. The molecule has 0 spiro atoms. The third-order valence-electron chi connectivity index (χ3n) is 3.00. The predicted octanol–water partition coefficient (Wildman–Crippen LogP) is 3.29. The summed E-state index contributed by atoms with van der Waals surface area (Å²) in [6.45, 7) is 0. The summed E-state index contributed by atoms with van der Waals surface area (Å²) < 4.78 is 0. The fraction of sp³-hybridized carbons (Fsp3) is 0. The summed E-state index contributed by atoms with van der Waals surface area (Å²) in [5.41, 5.74) is 9.67. The van der Waals surface area contributed by atoms with Crippen molar-refractivity contribution in [2.45, 2.75) is 0 Å². The lowest BCUT2D eigenvalue weighted by molar-refractivity contribution is 1.06. The molecule has 0 saturated heterocycles. The minimum absolute atomic E-state index is 0.617. The van der Waals surface area contributed by atoms with E-state index in [1.54, 1.807) is 0 Å². The van der Waals surface area contributed by atoms with Crippen molar-refractivity contribution >= 4 is 17.8 Å². The van der Waals surface area contributed by atoms with Crippen LogP contribution < -0.4 is 5.73 Å². The maximum atomic E-state index is 5.96. The smallest absolute Gasteiger partial charge is 0.162 e. The summed E-state index contributed by atoms with van der Waals surface area (Å²) in [4.78, 5) is 12.1. The molecule has 1 aromatic heterocycles. The first kappa shape index (κ1) is 13.0. The molecule has 2 aromatic carbocycles. The normalized spacial score (nSPS) is 10.9. The zero-order valence-corrected chi connectivity index (χ0v) is 11.3. The number of rotatable bonds is 3. The number of nitrogens with zero attached hydrogens (tertiary/aromatic N) is 3. The summed E-state index contributed by atoms with van der Waals surface area (Å²) in [6.07, 6.45) is 7.03. The molecule has 0 bridgehead atoms. The van der Waals surface area contributed by atoms with Crippen LogP contribution in [-0.2, 0) is 0 Å². The Hall–Kier alpha value is -3.01. The van der Waals surface area contributed by atoms with E-state index in [0.29, 0.717) is 11.5 Å². The molecule has 0 fully saturated rings. The molecule has 0 amide bonds. The summed E-state index contributed by atoms with van der Waals surface area (Å²) in [5.74, 6) is 0.617. The van der Waals surface area contributed by atoms with Gasteiger partial charge in [0.1, 0.15) is 12.7 Å². The molecule has 0 aliphatic heterocycles. The van der Waals surface area contributed by atoms with Crippen LogP contribution in [0.2, 0.25) is 0 Å². The van der Waals surface area contributed by atoms with Gasteiger partial charge < -0.3 is 5.73 Å². The highest BCUT2D eigenvalue weighted by Gasteiger charge is 2.02. The molecule has 0 aliphatic rings. The first-order chi connectivity index (χ1) is 10.3. The van der Waals surface area contributed by atoms with Crippen molar-refractivity contribution in [3.05, 3.63) is 72.3 Å². The Labute approximate surface area is 123 Å². The number of nitrogens with two attached hydrogens (primary N) is 1. The topological polar surface area (TPSA) is 64.7 Å². The Morgan fingerprint density at radius 1 is 0.810 bits per heavy atom. The summed E-state index contributed by atoms with van der Waals surface area (Å²) in [6, 6.07) is 15.9. The van der Waals surface area contributed by atoms with Gasteiger partial charge >= 0.3 is 0 Å². The van der Waals surface area contributed by atoms with Crippen LogP contribution in [0.1, 0.15) is 11.1 Å². The fourth-order valence-electron chi connectivity index (χ4n) is 2.05. The van der Waals surface area contributed by atoms with E-state index in [1.165, 1.54) is 12.7 Å². The van der Waals surface area contributed by atoms with E-state index >= 15 is 0 Å². The maximum absolute atomic E-state index is 5.96. The van der Waals surface area contributed by atoms with Gasteiger partial charge in [-0.05, 0) is 29.3 Å². The lowest BCUT2D eigenvalue weighted by atomic mass is 10.1. The average molecular weight is 274 g/mol. The molecule has 102 valence electrons. The fourth-order valence-corrected chi connectivity index (χ4v) is 2.05. The van der Waals surface area contributed by atoms with Crippen molar-refractivity contribution in [1.82, 2.24) is 15.0 Å². The van der Waals surface area contributed by atoms with Gasteiger partial charge in [0.25, 0.3) is 0 Å². The van der Waals surface area contributed by atoms with Crippen molar-refractivity contribution in [2.24, 2.45) is 0 Å². The summed E-state index contributed by atoms with van der Waals surface area (Å²) in [5, 5.41) is 0. The van der Waals surface area contributed by atoms with Gasteiger partial charge in [0.2, 0.25) is 0 Å². The van der Waals surface area contributed by atoms with E-state index in [4.69, 9.17) is 5.73 Å². The maximum Gasteiger partial charge on any atom is 0.162 e.